The summed E-state index contributed by atoms with van der Waals surface area (Å²) < 4.78 is 12.3. The summed E-state index contributed by atoms with van der Waals surface area (Å²) in [6.45, 7) is 11.0. The molecule has 1 atom stereocenters. The number of aliphatic hydroxyl groups is 2. The van der Waals surface area contributed by atoms with Crippen LogP contribution in [0.5, 0.6) is 0 Å². The molecule has 134 valence electrons. The number of ether oxygens (including phenoxy) is 2. The summed E-state index contributed by atoms with van der Waals surface area (Å²) in [6, 6.07) is 0. The molecule has 2 rings (SSSR count). The van der Waals surface area contributed by atoms with Crippen molar-refractivity contribution in [3.8, 4) is 0 Å². The van der Waals surface area contributed by atoms with Gasteiger partial charge in [-0.3, -0.25) is 0 Å². The van der Waals surface area contributed by atoms with Gasteiger partial charge in [-0.15, -0.1) is 0 Å². The van der Waals surface area contributed by atoms with Crippen molar-refractivity contribution in [2.24, 2.45) is 11.3 Å². The molecule has 0 radical (unpaired) electrons. The molecular weight excluding hydrogens is 294 g/mol. The van der Waals surface area contributed by atoms with Crippen molar-refractivity contribution < 1.29 is 19.7 Å². The molecule has 1 heterocycles. The zero-order chi connectivity index (χ0) is 17.1. The fourth-order valence-electron chi connectivity index (χ4n) is 3.81. The minimum Gasteiger partial charge on any atom is -0.480 e. The largest absolute Gasteiger partial charge is 0.480 e. The maximum absolute atomic E-state index is 9.07. The van der Waals surface area contributed by atoms with Crippen molar-refractivity contribution in [2.45, 2.75) is 71.7 Å². The second kappa shape index (κ2) is 7.31. The first-order chi connectivity index (χ1) is 10.7. The number of hydrogen-bond acceptors (Lipinski definition) is 5. The Bertz CT molecular complexity index is 404. The first-order valence-corrected chi connectivity index (χ1v) is 8.90. The monoisotopic (exact) mass is 327 g/mol. The molecule has 0 amide bonds. The van der Waals surface area contributed by atoms with Crippen LogP contribution in [0.2, 0.25) is 0 Å². The number of hydrogen-bond donors (Lipinski definition) is 2. The molecule has 1 aliphatic carbocycles. The molecule has 2 N–H and O–H groups in total. The lowest BCUT2D eigenvalue weighted by atomic mass is 9.71. The molecular formula is C18H33NO4. The van der Waals surface area contributed by atoms with E-state index >= 15 is 0 Å². The molecule has 0 aromatic heterocycles. The van der Waals surface area contributed by atoms with Crippen LogP contribution in [0.15, 0.2) is 12.1 Å². The third kappa shape index (κ3) is 5.01. The molecule has 23 heavy (non-hydrogen) atoms. The Morgan fingerprint density at radius 2 is 1.91 bits per heavy atom. The van der Waals surface area contributed by atoms with Gasteiger partial charge in [-0.25, -0.2) is 0 Å². The van der Waals surface area contributed by atoms with Crippen molar-refractivity contribution in [2.75, 3.05) is 19.7 Å². The van der Waals surface area contributed by atoms with Gasteiger partial charge < -0.3 is 24.6 Å². The van der Waals surface area contributed by atoms with E-state index in [0.717, 1.165) is 44.6 Å². The van der Waals surface area contributed by atoms with Crippen LogP contribution in [0, 0.1) is 11.3 Å². The van der Waals surface area contributed by atoms with Crippen LogP contribution in [0.3, 0.4) is 0 Å². The summed E-state index contributed by atoms with van der Waals surface area (Å²) in [4.78, 5) is 1.89. The first-order valence-electron chi connectivity index (χ1n) is 8.90. The summed E-state index contributed by atoms with van der Waals surface area (Å²) in [5, 5.41) is 18.1. The normalized spacial score (nSPS) is 31.3. The maximum atomic E-state index is 9.07. The van der Waals surface area contributed by atoms with Gasteiger partial charge in [0.1, 0.15) is 6.10 Å². The topological polar surface area (TPSA) is 62.2 Å². The summed E-state index contributed by atoms with van der Waals surface area (Å²) >= 11 is 0. The third-order valence-corrected chi connectivity index (χ3v) is 5.13. The maximum Gasteiger partial charge on any atom is 0.290 e. The van der Waals surface area contributed by atoms with Crippen LogP contribution in [-0.2, 0) is 9.47 Å². The highest BCUT2D eigenvalue weighted by molar-refractivity contribution is 4.90. The van der Waals surface area contributed by atoms with Gasteiger partial charge in [0, 0.05) is 25.9 Å². The zero-order valence-corrected chi connectivity index (χ0v) is 15.0. The molecule has 1 aliphatic heterocycles. The van der Waals surface area contributed by atoms with Gasteiger partial charge in [-0.1, -0.05) is 27.7 Å². The summed E-state index contributed by atoms with van der Waals surface area (Å²) in [5.41, 5.74) is 0.348. The standard InChI is InChI=1S/C18H33NO4/c1-5-10-19(12-16(20)21)11-15-13-22-18(23-15)8-6-14(7-9-18)17(2,3)4/h12,14-15,20-21H,5-11,13H2,1-4H3. The van der Waals surface area contributed by atoms with Crippen molar-refractivity contribution in [1.82, 2.24) is 4.90 Å². The van der Waals surface area contributed by atoms with E-state index in [4.69, 9.17) is 19.7 Å². The molecule has 1 unspecified atom stereocenters. The molecule has 1 saturated carbocycles. The average Bonchev–Trinajstić information content (AvgIpc) is 2.80. The Balaban J connectivity index is 1.87. The van der Waals surface area contributed by atoms with Crippen molar-refractivity contribution in [3.63, 3.8) is 0 Å². The second-order valence-corrected chi connectivity index (χ2v) is 8.08. The SMILES string of the molecule is CCCN(C=C(O)O)CC1COC2(CCC(C(C)(C)C)CC2)O1. The quantitative estimate of drug-likeness (QED) is 0.748. The van der Waals surface area contributed by atoms with Crippen LogP contribution in [-0.4, -0.2) is 46.7 Å². The van der Waals surface area contributed by atoms with E-state index in [1.54, 1.807) is 0 Å². The molecule has 2 aliphatic rings. The minimum absolute atomic E-state index is 0.0108. The minimum atomic E-state index is -0.655. The third-order valence-electron chi connectivity index (χ3n) is 5.13. The predicted octanol–water partition coefficient (Wildman–Crippen LogP) is 3.96. The van der Waals surface area contributed by atoms with Gasteiger partial charge in [-0.2, -0.15) is 0 Å². The van der Waals surface area contributed by atoms with Crippen LogP contribution in [0.4, 0.5) is 0 Å². The van der Waals surface area contributed by atoms with E-state index in [9.17, 15) is 0 Å². The van der Waals surface area contributed by atoms with Crippen molar-refractivity contribution in [1.29, 1.82) is 0 Å². The predicted molar refractivity (Wildman–Crippen MR) is 90.2 cm³/mol. The van der Waals surface area contributed by atoms with Gasteiger partial charge in [0.2, 0.25) is 0 Å². The van der Waals surface area contributed by atoms with E-state index in [-0.39, 0.29) is 6.10 Å². The van der Waals surface area contributed by atoms with Gasteiger partial charge >= 0.3 is 0 Å². The number of nitrogens with zero attached hydrogens (tertiary/aromatic N) is 1. The second-order valence-electron chi connectivity index (χ2n) is 8.08. The zero-order valence-electron chi connectivity index (χ0n) is 15.0. The fourth-order valence-corrected chi connectivity index (χ4v) is 3.81. The summed E-state index contributed by atoms with van der Waals surface area (Å²) in [5.74, 6) is -0.335. The molecule has 1 spiro atoms. The molecule has 5 heteroatoms. The van der Waals surface area contributed by atoms with Gasteiger partial charge in [0.15, 0.2) is 5.79 Å². The van der Waals surface area contributed by atoms with Crippen molar-refractivity contribution in [3.05, 3.63) is 12.1 Å². The van der Waals surface area contributed by atoms with Crippen LogP contribution < -0.4 is 0 Å². The Hall–Kier alpha value is -0.940. The highest BCUT2D eigenvalue weighted by Gasteiger charge is 2.46. The van der Waals surface area contributed by atoms with E-state index in [0.29, 0.717) is 18.6 Å². The molecule has 0 bridgehead atoms. The lowest BCUT2D eigenvalue weighted by Crippen LogP contribution is -2.40. The van der Waals surface area contributed by atoms with Crippen LogP contribution in [0.1, 0.15) is 59.8 Å². The van der Waals surface area contributed by atoms with Gasteiger partial charge in [0.05, 0.1) is 12.8 Å². The molecule has 1 saturated heterocycles. The Labute approximate surface area is 140 Å². The van der Waals surface area contributed by atoms with E-state index < -0.39 is 11.7 Å². The molecule has 5 nitrogen and oxygen atoms in total. The first kappa shape index (κ1) is 18.4. The van der Waals surface area contributed by atoms with Gasteiger partial charge in [-0.05, 0) is 30.6 Å². The van der Waals surface area contributed by atoms with Gasteiger partial charge in [0.25, 0.3) is 5.95 Å². The van der Waals surface area contributed by atoms with Crippen LogP contribution >= 0.6 is 0 Å². The number of aliphatic hydroxyl groups excluding tert-OH is 1. The highest BCUT2D eigenvalue weighted by Crippen LogP contribution is 2.45. The van der Waals surface area contributed by atoms with E-state index in [1.165, 1.54) is 6.20 Å². The van der Waals surface area contributed by atoms with Crippen molar-refractivity contribution >= 4 is 0 Å². The molecule has 2 fully saturated rings. The van der Waals surface area contributed by atoms with Crippen LogP contribution in [0.25, 0.3) is 0 Å². The Kier molecular flexibility index (Phi) is 5.84. The Morgan fingerprint density at radius 1 is 1.26 bits per heavy atom. The summed E-state index contributed by atoms with van der Waals surface area (Å²) in [7, 11) is 0. The highest BCUT2D eigenvalue weighted by atomic mass is 16.7. The number of rotatable bonds is 5. The lowest BCUT2D eigenvalue weighted by Gasteiger charge is -2.41. The molecule has 0 aromatic rings. The molecule has 0 aromatic carbocycles. The smallest absolute Gasteiger partial charge is 0.290 e. The van der Waals surface area contributed by atoms with E-state index in [1.807, 2.05) is 4.90 Å². The average molecular weight is 327 g/mol. The summed E-state index contributed by atoms with van der Waals surface area (Å²) in [6.07, 6.45) is 6.51. The fraction of sp³-hybridized carbons (Fsp3) is 0.889. The Morgan fingerprint density at radius 3 is 2.43 bits per heavy atom. The van der Waals surface area contributed by atoms with E-state index in [2.05, 4.69) is 27.7 Å². The lowest BCUT2D eigenvalue weighted by molar-refractivity contribution is -0.197.